The normalized spacial score (nSPS) is 22.4. The molecule has 1 aliphatic heterocycles. The molecular weight excluding hydrogens is 435 g/mol. The molecule has 1 aromatic heterocycles. The number of rotatable bonds is 1. The van der Waals surface area contributed by atoms with Gasteiger partial charge in [-0.05, 0) is 78.0 Å². The number of halogens is 1. The highest BCUT2D eigenvalue weighted by Crippen LogP contribution is 2.43. The Labute approximate surface area is 158 Å². The van der Waals surface area contributed by atoms with Crippen LogP contribution < -0.4 is 10.6 Å². The van der Waals surface area contributed by atoms with Crippen molar-refractivity contribution in [2.24, 2.45) is 5.92 Å². The summed E-state index contributed by atoms with van der Waals surface area (Å²) in [5.41, 5.74) is 3.58. The second-order valence-corrected chi connectivity index (χ2v) is 9.12. The summed E-state index contributed by atoms with van der Waals surface area (Å²) in [5.74, 6) is 0.891. The molecule has 6 heteroatoms. The Morgan fingerprint density at radius 2 is 2.12 bits per heavy atom. The minimum Gasteiger partial charge on any atom is -0.507 e. The van der Waals surface area contributed by atoms with Gasteiger partial charge in [-0.1, -0.05) is 6.92 Å². The van der Waals surface area contributed by atoms with Crippen LogP contribution in [-0.4, -0.2) is 11.0 Å². The Morgan fingerprint density at radius 3 is 2.92 bits per heavy atom. The molecule has 2 aliphatic rings. The Hall–Kier alpha value is -1.28. The summed E-state index contributed by atoms with van der Waals surface area (Å²) in [4.78, 5) is 14.1. The fourth-order valence-corrected chi connectivity index (χ4v) is 5.84. The summed E-state index contributed by atoms with van der Waals surface area (Å²) in [6.07, 6.45) is 2.79. The van der Waals surface area contributed by atoms with Crippen LogP contribution in [0.25, 0.3) is 0 Å². The highest BCUT2D eigenvalue weighted by molar-refractivity contribution is 14.1. The fraction of sp³-hybridized carbons (Fsp3) is 0.389. The van der Waals surface area contributed by atoms with Crippen molar-refractivity contribution >= 4 is 44.8 Å². The van der Waals surface area contributed by atoms with Crippen molar-refractivity contribution in [2.75, 3.05) is 5.32 Å². The molecule has 24 heavy (non-hydrogen) atoms. The van der Waals surface area contributed by atoms with E-state index >= 15 is 0 Å². The van der Waals surface area contributed by atoms with Crippen molar-refractivity contribution in [3.63, 3.8) is 0 Å². The van der Waals surface area contributed by atoms with E-state index < -0.39 is 6.17 Å². The molecule has 1 amide bonds. The maximum absolute atomic E-state index is 12.7. The van der Waals surface area contributed by atoms with Gasteiger partial charge in [0, 0.05) is 14.0 Å². The van der Waals surface area contributed by atoms with Crippen molar-refractivity contribution < 1.29 is 9.90 Å². The zero-order chi connectivity index (χ0) is 17.0. The lowest BCUT2D eigenvalue weighted by molar-refractivity contribution is 0.0935. The topological polar surface area (TPSA) is 61.4 Å². The van der Waals surface area contributed by atoms with Crippen molar-refractivity contribution in [1.82, 2.24) is 5.32 Å². The number of benzene rings is 1. The lowest BCUT2D eigenvalue weighted by atomic mass is 9.88. The quantitative estimate of drug-likeness (QED) is 0.562. The minimum atomic E-state index is -0.393. The molecule has 0 saturated carbocycles. The van der Waals surface area contributed by atoms with Gasteiger partial charge in [0.1, 0.15) is 16.9 Å². The first-order chi connectivity index (χ1) is 11.4. The third-order valence-electron chi connectivity index (χ3n) is 4.90. The van der Waals surface area contributed by atoms with E-state index in [0.29, 0.717) is 5.92 Å². The predicted octanol–water partition coefficient (Wildman–Crippen LogP) is 4.35. The van der Waals surface area contributed by atoms with Gasteiger partial charge in [0.2, 0.25) is 0 Å². The van der Waals surface area contributed by atoms with E-state index in [4.69, 9.17) is 0 Å². The second kappa shape index (κ2) is 5.91. The monoisotopic (exact) mass is 454 g/mol. The summed E-state index contributed by atoms with van der Waals surface area (Å²) in [5, 5.41) is 17.8. The van der Waals surface area contributed by atoms with E-state index in [-0.39, 0.29) is 11.7 Å². The lowest BCUT2D eigenvalue weighted by Crippen LogP contribution is -2.38. The van der Waals surface area contributed by atoms with Crippen LogP contribution in [0.4, 0.5) is 5.00 Å². The SMILES string of the molecule is Cc1cc(I)cc([C@@H]2NC(=O)c3c(sc4c3CC[C@@H](C)C4)N2)c1O. The molecule has 4 rings (SSSR count). The first-order valence-corrected chi connectivity index (χ1v) is 10.0. The number of hydrogen-bond acceptors (Lipinski definition) is 4. The average molecular weight is 454 g/mol. The van der Waals surface area contributed by atoms with Crippen LogP contribution in [0.1, 0.15) is 51.4 Å². The van der Waals surface area contributed by atoms with E-state index in [9.17, 15) is 9.90 Å². The van der Waals surface area contributed by atoms with Gasteiger partial charge in [0.05, 0.1) is 5.56 Å². The maximum Gasteiger partial charge on any atom is 0.256 e. The first kappa shape index (κ1) is 16.2. The Kier molecular flexibility index (Phi) is 3.99. The first-order valence-electron chi connectivity index (χ1n) is 8.15. The number of phenolic OH excluding ortho intramolecular Hbond substituents is 1. The molecular formula is C18H19IN2O2S. The number of phenols is 1. The molecule has 4 nitrogen and oxygen atoms in total. The van der Waals surface area contributed by atoms with Crippen LogP contribution in [0.2, 0.25) is 0 Å². The van der Waals surface area contributed by atoms with E-state index in [1.54, 1.807) is 11.3 Å². The number of aryl methyl sites for hydroxylation is 1. The van der Waals surface area contributed by atoms with Gasteiger partial charge < -0.3 is 15.7 Å². The smallest absolute Gasteiger partial charge is 0.256 e. The third-order valence-corrected chi connectivity index (χ3v) is 6.70. The zero-order valence-corrected chi connectivity index (χ0v) is 16.5. The standard InChI is InChI=1S/C18H19IN2O2S/c1-8-3-4-11-13(5-8)24-18-14(11)17(23)20-16(21-18)12-7-10(19)6-9(2)15(12)22/h6-8,16,21-22H,3-5H2,1-2H3,(H,20,23)/t8-,16-/m1/s1. The van der Waals surface area contributed by atoms with Gasteiger partial charge in [0.15, 0.2) is 0 Å². The van der Waals surface area contributed by atoms with Crippen LogP contribution in [-0.2, 0) is 12.8 Å². The summed E-state index contributed by atoms with van der Waals surface area (Å²) >= 11 is 3.93. The average Bonchev–Trinajstić information content (AvgIpc) is 2.88. The van der Waals surface area contributed by atoms with Crippen molar-refractivity contribution in [1.29, 1.82) is 0 Å². The summed E-state index contributed by atoms with van der Waals surface area (Å²) in [7, 11) is 0. The number of aromatic hydroxyl groups is 1. The molecule has 0 bridgehead atoms. The zero-order valence-electron chi connectivity index (χ0n) is 13.6. The summed E-state index contributed by atoms with van der Waals surface area (Å²) < 4.78 is 1.04. The van der Waals surface area contributed by atoms with E-state index in [2.05, 4.69) is 40.1 Å². The molecule has 126 valence electrons. The van der Waals surface area contributed by atoms with E-state index in [0.717, 1.165) is 44.5 Å². The number of thiophene rings is 1. The number of amides is 1. The molecule has 2 heterocycles. The minimum absolute atomic E-state index is 0.0308. The Bertz CT molecular complexity index is 846. The molecule has 0 unspecified atom stereocenters. The van der Waals surface area contributed by atoms with Crippen molar-refractivity contribution in [3.8, 4) is 5.75 Å². The van der Waals surface area contributed by atoms with Crippen LogP contribution in [0.15, 0.2) is 12.1 Å². The third kappa shape index (κ3) is 2.60. The molecule has 1 aromatic carbocycles. The molecule has 2 atom stereocenters. The van der Waals surface area contributed by atoms with Crippen LogP contribution >= 0.6 is 33.9 Å². The summed E-state index contributed by atoms with van der Waals surface area (Å²) in [6, 6.07) is 3.85. The van der Waals surface area contributed by atoms with Gasteiger partial charge >= 0.3 is 0 Å². The predicted molar refractivity (Wildman–Crippen MR) is 105 cm³/mol. The van der Waals surface area contributed by atoms with Gasteiger partial charge in [-0.2, -0.15) is 0 Å². The Morgan fingerprint density at radius 1 is 1.33 bits per heavy atom. The van der Waals surface area contributed by atoms with Gasteiger partial charge in [-0.25, -0.2) is 0 Å². The number of hydrogen-bond donors (Lipinski definition) is 3. The van der Waals surface area contributed by atoms with Crippen LogP contribution in [0.3, 0.4) is 0 Å². The molecule has 2 aromatic rings. The van der Waals surface area contributed by atoms with E-state index in [1.807, 2.05) is 19.1 Å². The maximum atomic E-state index is 12.7. The molecule has 0 radical (unpaired) electrons. The van der Waals surface area contributed by atoms with E-state index in [1.165, 1.54) is 10.4 Å². The highest BCUT2D eigenvalue weighted by atomic mass is 127. The van der Waals surface area contributed by atoms with Gasteiger partial charge in [-0.3, -0.25) is 4.79 Å². The molecule has 1 aliphatic carbocycles. The van der Waals surface area contributed by atoms with Crippen LogP contribution in [0.5, 0.6) is 5.75 Å². The highest BCUT2D eigenvalue weighted by Gasteiger charge is 2.34. The number of fused-ring (bicyclic) bond motifs is 3. The number of carbonyl (C=O) groups is 1. The summed E-state index contributed by atoms with van der Waals surface area (Å²) in [6.45, 7) is 4.15. The number of anilines is 1. The lowest BCUT2D eigenvalue weighted by Gasteiger charge is -2.28. The Balaban J connectivity index is 1.74. The molecule has 0 spiro atoms. The van der Waals surface area contributed by atoms with Crippen molar-refractivity contribution in [3.05, 3.63) is 42.8 Å². The van der Waals surface area contributed by atoms with Crippen LogP contribution in [0, 0.1) is 16.4 Å². The van der Waals surface area contributed by atoms with Gasteiger partial charge in [-0.15, -0.1) is 11.3 Å². The largest absolute Gasteiger partial charge is 0.507 e. The molecule has 3 N–H and O–H groups in total. The fourth-order valence-electron chi connectivity index (χ4n) is 3.60. The molecule has 0 saturated heterocycles. The molecule has 0 fully saturated rings. The second-order valence-electron chi connectivity index (χ2n) is 6.77. The number of carbonyl (C=O) groups excluding carboxylic acids is 1. The van der Waals surface area contributed by atoms with Crippen molar-refractivity contribution in [2.45, 2.75) is 39.3 Å². The van der Waals surface area contributed by atoms with Gasteiger partial charge in [0.25, 0.3) is 5.91 Å². The number of nitrogens with one attached hydrogen (secondary N) is 2.